The number of anilines is 2. The molecule has 0 aliphatic carbocycles. The Morgan fingerprint density at radius 1 is 1.24 bits per heavy atom. The second-order valence-electron chi connectivity index (χ2n) is 6.50. The van der Waals surface area contributed by atoms with E-state index in [0.29, 0.717) is 19.5 Å². The van der Waals surface area contributed by atoms with Crippen LogP contribution in [0.3, 0.4) is 0 Å². The number of nitrogens with zero attached hydrogens (tertiary/aromatic N) is 1. The van der Waals surface area contributed by atoms with E-state index in [0.717, 1.165) is 28.3 Å². The third kappa shape index (κ3) is 4.31. The van der Waals surface area contributed by atoms with Crippen LogP contribution in [0.15, 0.2) is 42.5 Å². The molecule has 0 bridgehead atoms. The zero-order valence-electron chi connectivity index (χ0n) is 14.7. The van der Waals surface area contributed by atoms with E-state index in [1.54, 1.807) is 0 Å². The molecule has 1 aliphatic heterocycles. The fourth-order valence-corrected chi connectivity index (χ4v) is 2.97. The number of aliphatic hydroxyl groups is 1. The molecule has 25 heavy (non-hydrogen) atoms. The van der Waals surface area contributed by atoms with Gasteiger partial charge in [-0.05, 0) is 43.2 Å². The molecule has 0 radical (unpaired) electrons. The minimum absolute atomic E-state index is 0.00363. The van der Waals surface area contributed by atoms with Crippen LogP contribution in [-0.2, 0) is 4.79 Å². The van der Waals surface area contributed by atoms with Crippen molar-refractivity contribution in [2.24, 2.45) is 0 Å². The van der Waals surface area contributed by atoms with Crippen molar-refractivity contribution in [1.82, 2.24) is 0 Å². The molecule has 1 unspecified atom stereocenters. The molecular formula is C20H24N2O3. The number of carbonyl (C=O) groups is 1. The number of nitrogens with one attached hydrogen (secondary N) is 1. The van der Waals surface area contributed by atoms with Gasteiger partial charge in [-0.15, -0.1) is 0 Å². The summed E-state index contributed by atoms with van der Waals surface area (Å²) in [5.41, 5.74) is 3.89. The van der Waals surface area contributed by atoms with Crippen molar-refractivity contribution in [2.45, 2.75) is 26.4 Å². The molecule has 5 heteroatoms. The second-order valence-corrected chi connectivity index (χ2v) is 6.50. The molecule has 0 fully saturated rings. The molecule has 2 aromatic carbocycles. The van der Waals surface area contributed by atoms with Crippen LogP contribution < -0.4 is 15.0 Å². The van der Waals surface area contributed by atoms with E-state index in [1.807, 2.05) is 61.2 Å². The molecule has 3 rings (SSSR count). The Balaban J connectivity index is 1.65. The van der Waals surface area contributed by atoms with Gasteiger partial charge in [0.15, 0.2) is 0 Å². The van der Waals surface area contributed by atoms with Crippen molar-refractivity contribution in [2.75, 3.05) is 29.9 Å². The highest BCUT2D eigenvalue weighted by molar-refractivity contribution is 5.96. The summed E-state index contributed by atoms with van der Waals surface area (Å²) in [6, 6.07) is 13.7. The predicted octanol–water partition coefficient (Wildman–Crippen LogP) is 2.89. The van der Waals surface area contributed by atoms with Gasteiger partial charge in [-0.3, -0.25) is 4.79 Å². The Kier molecular flexibility index (Phi) is 5.24. The smallest absolute Gasteiger partial charge is 0.226 e. The molecule has 0 saturated heterocycles. The van der Waals surface area contributed by atoms with E-state index in [2.05, 4.69) is 5.32 Å². The van der Waals surface area contributed by atoms with Crippen molar-refractivity contribution >= 4 is 17.3 Å². The quantitative estimate of drug-likeness (QED) is 0.879. The molecule has 1 heterocycles. The standard InChI is InChI=1S/C20H24N2O3/c1-14-7-8-15(2)19(11-14)25-13-16(23)12-22-10-9-20(24)21-17-5-3-4-6-18(17)22/h3-8,11,16,23H,9-10,12-13H2,1-2H3,(H,21,24). The number of hydrogen-bond acceptors (Lipinski definition) is 4. The molecule has 132 valence electrons. The highest BCUT2D eigenvalue weighted by Crippen LogP contribution is 2.28. The van der Waals surface area contributed by atoms with Gasteiger partial charge in [-0.25, -0.2) is 0 Å². The predicted molar refractivity (Wildman–Crippen MR) is 99.3 cm³/mol. The molecule has 1 amide bonds. The lowest BCUT2D eigenvalue weighted by Crippen LogP contribution is -2.36. The van der Waals surface area contributed by atoms with Crippen LogP contribution in [0.2, 0.25) is 0 Å². The third-order valence-corrected chi connectivity index (χ3v) is 4.33. The number of para-hydroxylation sites is 2. The Morgan fingerprint density at radius 2 is 2.04 bits per heavy atom. The van der Waals surface area contributed by atoms with E-state index < -0.39 is 6.10 Å². The van der Waals surface area contributed by atoms with E-state index in [9.17, 15) is 9.90 Å². The average Bonchev–Trinajstić information content (AvgIpc) is 2.75. The second kappa shape index (κ2) is 7.57. The average molecular weight is 340 g/mol. The van der Waals surface area contributed by atoms with Crippen molar-refractivity contribution < 1.29 is 14.6 Å². The Hall–Kier alpha value is -2.53. The van der Waals surface area contributed by atoms with E-state index in [1.165, 1.54) is 0 Å². The van der Waals surface area contributed by atoms with E-state index in [-0.39, 0.29) is 12.5 Å². The highest BCUT2D eigenvalue weighted by atomic mass is 16.5. The molecule has 2 aromatic rings. The highest BCUT2D eigenvalue weighted by Gasteiger charge is 2.21. The number of carbonyl (C=O) groups excluding carboxylic acids is 1. The number of amides is 1. The summed E-state index contributed by atoms with van der Waals surface area (Å²) in [6.45, 7) is 5.20. The van der Waals surface area contributed by atoms with E-state index in [4.69, 9.17) is 4.74 Å². The monoisotopic (exact) mass is 340 g/mol. The normalized spacial score (nSPS) is 15.2. The first-order chi connectivity index (χ1) is 12.0. The molecule has 0 spiro atoms. The minimum Gasteiger partial charge on any atom is -0.491 e. The minimum atomic E-state index is -0.652. The molecule has 1 aliphatic rings. The lowest BCUT2D eigenvalue weighted by molar-refractivity contribution is -0.116. The van der Waals surface area contributed by atoms with Crippen molar-refractivity contribution in [3.8, 4) is 5.75 Å². The first-order valence-electron chi connectivity index (χ1n) is 8.55. The van der Waals surface area contributed by atoms with Gasteiger partial charge >= 0.3 is 0 Å². The molecule has 0 aromatic heterocycles. The Morgan fingerprint density at radius 3 is 2.88 bits per heavy atom. The summed E-state index contributed by atoms with van der Waals surface area (Å²) in [7, 11) is 0. The zero-order valence-corrected chi connectivity index (χ0v) is 14.7. The summed E-state index contributed by atoms with van der Waals surface area (Å²) in [5, 5.41) is 13.3. The van der Waals surface area contributed by atoms with Crippen LogP contribution in [0.4, 0.5) is 11.4 Å². The number of benzene rings is 2. The van der Waals surface area contributed by atoms with Gasteiger partial charge in [0.2, 0.25) is 5.91 Å². The summed E-state index contributed by atoms with van der Waals surface area (Å²) < 4.78 is 5.80. The van der Waals surface area contributed by atoms with Gasteiger partial charge in [0.05, 0.1) is 11.4 Å². The van der Waals surface area contributed by atoms with Crippen LogP contribution in [0, 0.1) is 13.8 Å². The van der Waals surface area contributed by atoms with Gasteiger partial charge in [0.25, 0.3) is 0 Å². The topological polar surface area (TPSA) is 61.8 Å². The van der Waals surface area contributed by atoms with Gasteiger partial charge in [-0.1, -0.05) is 24.3 Å². The summed E-state index contributed by atoms with van der Waals surface area (Å²) in [5.74, 6) is 0.795. The van der Waals surface area contributed by atoms with Crippen LogP contribution in [-0.4, -0.2) is 36.8 Å². The van der Waals surface area contributed by atoms with Gasteiger partial charge < -0.3 is 20.1 Å². The third-order valence-electron chi connectivity index (χ3n) is 4.33. The molecule has 5 nitrogen and oxygen atoms in total. The van der Waals surface area contributed by atoms with Crippen molar-refractivity contribution in [1.29, 1.82) is 0 Å². The van der Waals surface area contributed by atoms with Gasteiger partial charge in [0.1, 0.15) is 18.5 Å². The number of ether oxygens (including phenoxy) is 1. The molecular weight excluding hydrogens is 316 g/mol. The first kappa shape index (κ1) is 17.3. The zero-order chi connectivity index (χ0) is 17.8. The first-order valence-corrected chi connectivity index (χ1v) is 8.55. The maximum absolute atomic E-state index is 11.8. The van der Waals surface area contributed by atoms with Crippen LogP contribution in [0.5, 0.6) is 5.75 Å². The molecule has 0 saturated carbocycles. The lowest BCUT2D eigenvalue weighted by Gasteiger charge is -2.26. The number of β-amino-alcohol motifs (C(OH)–C–C–N with tert-alkyl or cyclic N) is 1. The van der Waals surface area contributed by atoms with Crippen molar-refractivity contribution in [3.63, 3.8) is 0 Å². The lowest BCUT2D eigenvalue weighted by atomic mass is 10.1. The number of aryl methyl sites for hydroxylation is 2. The molecule has 1 atom stereocenters. The maximum Gasteiger partial charge on any atom is 0.226 e. The fraction of sp³-hybridized carbons (Fsp3) is 0.350. The largest absolute Gasteiger partial charge is 0.491 e. The van der Waals surface area contributed by atoms with Crippen LogP contribution >= 0.6 is 0 Å². The Bertz CT molecular complexity index is 760. The summed E-state index contributed by atoms with van der Waals surface area (Å²) in [4.78, 5) is 13.9. The van der Waals surface area contributed by atoms with Crippen molar-refractivity contribution in [3.05, 3.63) is 53.6 Å². The SMILES string of the molecule is Cc1ccc(C)c(OCC(O)CN2CCC(=O)Nc3ccccc32)c1. The Labute approximate surface area is 148 Å². The summed E-state index contributed by atoms with van der Waals surface area (Å²) >= 11 is 0. The van der Waals surface area contributed by atoms with Crippen LogP contribution in [0.1, 0.15) is 17.5 Å². The number of fused-ring (bicyclic) bond motifs is 1. The van der Waals surface area contributed by atoms with Crippen LogP contribution in [0.25, 0.3) is 0 Å². The van der Waals surface area contributed by atoms with Gasteiger partial charge in [-0.2, -0.15) is 0 Å². The van der Waals surface area contributed by atoms with E-state index >= 15 is 0 Å². The fourth-order valence-electron chi connectivity index (χ4n) is 2.97. The van der Waals surface area contributed by atoms with Gasteiger partial charge in [0, 0.05) is 19.5 Å². The number of aliphatic hydroxyl groups excluding tert-OH is 1. The number of rotatable bonds is 5. The molecule has 2 N–H and O–H groups in total. The summed E-state index contributed by atoms with van der Waals surface area (Å²) in [6.07, 6.45) is -0.250. The maximum atomic E-state index is 11.8. The number of hydrogen-bond donors (Lipinski definition) is 2.